The molecule has 0 atom stereocenters. The van der Waals surface area contributed by atoms with Crippen molar-refractivity contribution >= 4 is 5.91 Å². The Morgan fingerprint density at radius 1 is 1.17 bits per heavy atom. The molecule has 0 saturated heterocycles. The third-order valence-corrected chi connectivity index (χ3v) is 4.22. The van der Waals surface area contributed by atoms with E-state index >= 15 is 0 Å². The Morgan fingerprint density at radius 3 is 2.33 bits per heavy atom. The van der Waals surface area contributed by atoms with Gasteiger partial charge in [0.1, 0.15) is 0 Å². The van der Waals surface area contributed by atoms with Gasteiger partial charge in [-0.25, -0.2) is 0 Å². The van der Waals surface area contributed by atoms with E-state index in [1.807, 2.05) is 4.90 Å². The summed E-state index contributed by atoms with van der Waals surface area (Å²) in [6.07, 6.45) is 7.24. The molecule has 1 N–H and O–H groups in total. The van der Waals surface area contributed by atoms with Crippen molar-refractivity contribution in [2.45, 2.75) is 57.5 Å². The number of likely N-dealkylation sites (N-methyl/N-ethyl adjacent to an activating group) is 1. The lowest BCUT2D eigenvalue weighted by Gasteiger charge is -2.30. The zero-order chi connectivity index (χ0) is 13.0. The van der Waals surface area contributed by atoms with Crippen LogP contribution >= 0.6 is 0 Å². The van der Waals surface area contributed by atoms with Crippen LogP contribution < -0.4 is 0 Å². The van der Waals surface area contributed by atoms with Gasteiger partial charge in [-0.2, -0.15) is 0 Å². The van der Waals surface area contributed by atoms with Crippen molar-refractivity contribution in [2.75, 3.05) is 26.2 Å². The van der Waals surface area contributed by atoms with E-state index in [4.69, 9.17) is 5.11 Å². The lowest BCUT2D eigenvalue weighted by Crippen LogP contribution is -2.45. The van der Waals surface area contributed by atoms with Gasteiger partial charge in [-0.1, -0.05) is 12.8 Å². The van der Waals surface area contributed by atoms with Crippen LogP contribution in [0.5, 0.6) is 0 Å². The number of nitrogens with zero attached hydrogens (tertiary/aromatic N) is 2. The van der Waals surface area contributed by atoms with E-state index < -0.39 is 0 Å². The van der Waals surface area contributed by atoms with Crippen molar-refractivity contribution in [3.05, 3.63) is 0 Å². The number of hydrogen-bond donors (Lipinski definition) is 1. The van der Waals surface area contributed by atoms with Crippen LogP contribution in [0.3, 0.4) is 0 Å². The molecule has 2 aliphatic carbocycles. The van der Waals surface area contributed by atoms with E-state index in [1.165, 1.54) is 38.5 Å². The molecule has 0 bridgehead atoms. The molecule has 4 heteroatoms. The van der Waals surface area contributed by atoms with Gasteiger partial charge in [-0.05, 0) is 32.6 Å². The maximum Gasteiger partial charge on any atom is 0.236 e. The normalized spacial score (nSPS) is 20.6. The number of carbonyl (C=O) groups is 1. The van der Waals surface area contributed by atoms with Crippen LogP contribution in [0.1, 0.15) is 45.4 Å². The maximum absolute atomic E-state index is 12.3. The highest BCUT2D eigenvalue weighted by atomic mass is 16.3. The summed E-state index contributed by atoms with van der Waals surface area (Å²) in [5, 5.41) is 9.16. The van der Waals surface area contributed by atoms with E-state index in [-0.39, 0.29) is 12.5 Å². The molecule has 104 valence electrons. The first-order valence-electron chi connectivity index (χ1n) is 7.40. The van der Waals surface area contributed by atoms with Crippen LogP contribution in [0.25, 0.3) is 0 Å². The SMILES string of the molecule is CCN(C(=O)CN(CCO)C1CCCC1)C1CC1. The highest BCUT2D eigenvalue weighted by Crippen LogP contribution is 2.27. The second-order valence-corrected chi connectivity index (χ2v) is 5.54. The molecule has 0 heterocycles. The zero-order valence-electron chi connectivity index (χ0n) is 11.5. The number of aliphatic hydroxyl groups is 1. The van der Waals surface area contributed by atoms with Gasteiger partial charge in [0.05, 0.1) is 13.2 Å². The highest BCUT2D eigenvalue weighted by Gasteiger charge is 2.33. The Bertz CT molecular complexity index is 273. The molecule has 0 radical (unpaired) electrons. The standard InChI is InChI=1S/C14H26N2O2/c1-2-16(13-7-8-13)14(18)11-15(9-10-17)12-5-3-4-6-12/h12-13,17H,2-11H2,1H3. The molecular formula is C14H26N2O2. The molecule has 0 aliphatic heterocycles. The summed E-state index contributed by atoms with van der Waals surface area (Å²) >= 11 is 0. The quantitative estimate of drug-likeness (QED) is 0.743. The summed E-state index contributed by atoms with van der Waals surface area (Å²) in [4.78, 5) is 16.5. The second-order valence-electron chi connectivity index (χ2n) is 5.54. The first-order chi connectivity index (χ1) is 8.76. The third-order valence-electron chi connectivity index (χ3n) is 4.22. The van der Waals surface area contributed by atoms with Gasteiger partial charge in [0.15, 0.2) is 0 Å². The Labute approximate surface area is 110 Å². The molecular weight excluding hydrogens is 228 g/mol. The number of carbonyl (C=O) groups excluding carboxylic acids is 1. The van der Waals surface area contributed by atoms with Crippen molar-refractivity contribution < 1.29 is 9.90 Å². The van der Waals surface area contributed by atoms with E-state index in [2.05, 4.69) is 11.8 Å². The summed E-state index contributed by atoms with van der Waals surface area (Å²) in [5.74, 6) is 0.250. The molecule has 4 nitrogen and oxygen atoms in total. The lowest BCUT2D eigenvalue weighted by molar-refractivity contribution is -0.133. The third kappa shape index (κ3) is 3.45. The Balaban J connectivity index is 1.88. The number of amides is 1. The summed E-state index contributed by atoms with van der Waals surface area (Å²) in [6.45, 7) is 4.16. The van der Waals surface area contributed by atoms with Crippen LogP contribution in [0.4, 0.5) is 0 Å². The Hall–Kier alpha value is -0.610. The van der Waals surface area contributed by atoms with Gasteiger partial charge in [-0.3, -0.25) is 9.69 Å². The van der Waals surface area contributed by atoms with Gasteiger partial charge in [0.25, 0.3) is 0 Å². The fourth-order valence-electron chi connectivity index (χ4n) is 3.08. The first kappa shape index (κ1) is 13.8. The van der Waals surface area contributed by atoms with Crippen LogP contribution in [0, 0.1) is 0 Å². The van der Waals surface area contributed by atoms with Gasteiger partial charge in [-0.15, -0.1) is 0 Å². The van der Waals surface area contributed by atoms with Crippen LogP contribution in [-0.2, 0) is 4.79 Å². The van der Waals surface area contributed by atoms with Gasteiger partial charge >= 0.3 is 0 Å². The summed E-state index contributed by atoms with van der Waals surface area (Å²) in [6, 6.07) is 1.01. The molecule has 0 spiro atoms. The topological polar surface area (TPSA) is 43.8 Å². The minimum absolute atomic E-state index is 0.152. The van der Waals surface area contributed by atoms with Crippen molar-refractivity contribution in [1.29, 1.82) is 0 Å². The number of aliphatic hydroxyl groups excluding tert-OH is 1. The van der Waals surface area contributed by atoms with Crippen LogP contribution in [-0.4, -0.2) is 59.1 Å². The molecule has 2 rings (SSSR count). The summed E-state index contributed by atoms with van der Waals surface area (Å²) in [5.41, 5.74) is 0. The number of rotatable bonds is 7. The molecule has 18 heavy (non-hydrogen) atoms. The average Bonchev–Trinajstić information content (AvgIpc) is 3.04. The predicted octanol–water partition coefficient (Wildman–Crippen LogP) is 1.23. The van der Waals surface area contributed by atoms with E-state index in [9.17, 15) is 4.79 Å². The fourth-order valence-corrected chi connectivity index (χ4v) is 3.08. The second kappa shape index (κ2) is 6.53. The van der Waals surface area contributed by atoms with Crippen molar-refractivity contribution in [1.82, 2.24) is 9.80 Å². The molecule has 0 aromatic heterocycles. The maximum atomic E-state index is 12.3. The Kier molecular flexibility index (Phi) is 5.01. The summed E-state index contributed by atoms with van der Waals surface area (Å²) < 4.78 is 0. The molecule has 0 aromatic carbocycles. The minimum Gasteiger partial charge on any atom is -0.395 e. The van der Waals surface area contributed by atoms with Crippen molar-refractivity contribution in [3.63, 3.8) is 0 Å². The van der Waals surface area contributed by atoms with E-state index in [1.54, 1.807) is 0 Å². The van der Waals surface area contributed by atoms with Crippen LogP contribution in [0.2, 0.25) is 0 Å². The van der Waals surface area contributed by atoms with Gasteiger partial charge < -0.3 is 10.0 Å². The molecule has 1 amide bonds. The molecule has 2 aliphatic rings. The largest absolute Gasteiger partial charge is 0.395 e. The van der Waals surface area contributed by atoms with Gasteiger partial charge in [0.2, 0.25) is 5.91 Å². The van der Waals surface area contributed by atoms with Crippen molar-refractivity contribution in [2.24, 2.45) is 0 Å². The van der Waals surface area contributed by atoms with E-state index in [0.717, 1.165) is 6.54 Å². The number of hydrogen-bond acceptors (Lipinski definition) is 3. The first-order valence-corrected chi connectivity index (χ1v) is 7.40. The highest BCUT2D eigenvalue weighted by molar-refractivity contribution is 5.79. The average molecular weight is 254 g/mol. The minimum atomic E-state index is 0.152. The Morgan fingerprint density at radius 2 is 1.83 bits per heavy atom. The van der Waals surface area contributed by atoms with Crippen LogP contribution in [0.15, 0.2) is 0 Å². The summed E-state index contributed by atoms with van der Waals surface area (Å²) in [7, 11) is 0. The fraction of sp³-hybridized carbons (Fsp3) is 0.929. The predicted molar refractivity (Wildman–Crippen MR) is 71.3 cm³/mol. The van der Waals surface area contributed by atoms with E-state index in [0.29, 0.717) is 25.2 Å². The molecule has 2 saturated carbocycles. The van der Waals surface area contributed by atoms with Crippen molar-refractivity contribution in [3.8, 4) is 0 Å². The monoisotopic (exact) mass is 254 g/mol. The smallest absolute Gasteiger partial charge is 0.236 e. The lowest BCUT2D eigenvalue weighted by atomic mass is 10.2. The van der Waals surface area contributed by atoms with Gasteiger partial charge in [0, 0.05) is 25.2 Å². The zero-order valence-corrected chi connectivity index (χ0v) is 11.5. The molecule has 0 aromatic rings. The molecule has 2 fully saturated rings. The molecule has 0 unspecified atom stereocenters.